The summed E-state index contributed by atoms with van der Waals surface area (Å²) >= 11 is 15.1. The average molecular weight is 392 g/mol. The lowest BCUT2D eigenvalue weighted by Gasteiger charge is -2.11. The van der Waals surface area contributed by atoms with Gasteiger partial charge in [-0.25, -0.2) is 4.79 Å². The highest BCUT2D eigenvalue weighted by Crippen LogP contribution is 2.33. The molecule has 0 radical (unpaired) electrons. The van der Waals surface area contributed by atoms with Crippen LogP contribution < -0.4 is 4.74 Å². The Hall–Kier alpha value is -1.43. The quantitative estimate of drug-likeness (QED) is 0.789. The van der Waals surface area contributed by atoms with Crippen LogP contribution in [0.2, 0.25) is 10.0 Å². The molecule has 0 saturated heterocycles. The summed E-state index contributed by atoms with van der Waals surface area (Å²) in [4.78, 5) is 11.0. The number of halogens is 3. The van der Waals surface area contributed by atoms with Crippen LogP contribution >= 0.6 is 39.1 Å². The molecule has 0 amide bonds. The van der Waals surface area contributed by atoms with Crippen molar-refractivity contribution in [1.29, 1.82) is 0 Å². The Balaban J connectivity index is 2.27. The topological polar surface area (TPSA) is 66.8 Å². The smallest absolute Gasteiger partial charge is 0.339 e. The van der Waals surface area contributed by atoms with E-state index in [-0.39, 0.29) is 28.1 Å². The molecule has 0 unspecified atom stereocenters. The van der Waals surface area contributed by atoms with Crippen molar-refractivity contribution in [3.63, 3.8) is 0 Å². The number of aromatic carboxylic acids is 1. The van der Waals surface area contributed by atoms with Gasteiger partial charge in [0.15, 0.2) is 0 Å². The van der Waals surface area contributed by atoms with Gasteiger partial charge in [0.1, 0.15) is 23.7 Å². The third-order valence-electron chi connectivity index (χ3n) is 2.71. The molecule has 0 spiro atoms. The SMILES string of the molecule is O=C(O)c1cc(OCc2c(Cl)cccc2Cl)cc(Br)c1O. The van der Waals surface area contributed by atoms with Gasteiger partial charge in [-0.3, -0.25) is 0 Å². The summed E-state index contributed by atoms with van der Waals surface area (Å²) in [6.07, 6.45) is 0. The molecule has 0 aliphatic heterocycles. The predicted octanol–water partition coefficient (Wildman–Crippen LogP) is 4.74. The third kappa shape index (κ3) is 3.61. The Labute approximate surface area is 139 Å². The van der Waals surface area contributed by atoms with Crippen LogP contribution in [-0.4, -0.2) is 16.2 Å². The molecular weight excluding hydrogens is 383 g/mol. The normalized spacial score (nSPS) is 10.4. The molecule has 0 aliphatic carbocycles. The Morgan fingerprint density at radius 1 is 1.24 bits per heavy atom. The summed E-state index contributed by atoms with van der Waals surface area (Å²) in [5.74, 6) is -1.34. The Bertz CT molecular complexity index is 683. The largest absolute Gasteiger partial charge is 0.506 e. The molecule has 0 heterocycles. The fraction of sp³-hybridized carbons (Fsp3) is 0.0714. The summed E-state index contributed by atoms with van der Waals surface area (Å²) in [5.41, 5.74) is 0.339. The summed E-state index contributed by atoms with van der Waals surface area (Å²) in [5, 5.41) is 19.6. The fourth-order valence-electron chi connectivity index (χ4n) is 1.65. The molecule has 2 aromatic rings. The lowest BCUT2D eigenvalue weighted by Crippen LogP contribution is -2.01. The molecule has 2 aromatic carbocycles. The van der Waals surface area contributed by atoms with Crippen LogP contribution in [0.25, 0.3) is 0 Å². The van der Waals surface area contributed by atoms with Gasteiger partial charge < -0.3 is 14.9 Å². The number of rotatable bonds is 4. The number of carboxylic acid groups (broad SMARTS) is 1. The first-order valence-electron chi connectivity index (χ1n) is 5.71. The number of benzene rings is 2. The molecular formula is C14H9BrCl2O4. The number of carboxylic acids is 1. The van der Waals surface area contributed by atoms with Gasteiger partial charge in [-0.1, -0.05) is 29.3 Å². The molecule has 4 nitrogen and oxygen atoms in total. The van der Waals surface area contributed by atoms with Crippen LogP contribution in [0, 0.1) is 0 Å². The van der Waals surface area contributed by atoms with Crippen LogP contribution in [0.3, 0.4) is 0 Å². The number of aromatic hydroxyl groups is 1. The van der Waals surface area contributed by atoms with Crippen LogP contribution in [0.5, 0.6) is 11.5 Å². The van der Waals surface area contributed by atoms with Crippen molar-refractivity contribution in [1.82, 2.24) is 0 Å². The maximum Gasteiger partial charge on any atom is 0.339 e. The standard InChI is InChI=1S/C14H9BrCl2O4/c15-10-5-7(4-8(13(10)18)14(19)20)21-6-9-11(16)2-1-3-12(9)17/h1-5,18H,6H2,(H,19,20). The van der Waals surface area contributed by atoms with Crippen LogP contribution in [-0.2, 0) is 6.61 Å². The maximum absolute atomic E-state index is 11.0. The first-order chi connectivity index (χ1) is 9.90. The van der Waals surface area contributed by atoms with Crippen molar-refractivity contribution in [2.75, 3.05) is 0 Å². The molecule has 2 N–H and O–H groups in total. The van der Waals surface area contributed by atoms with Crippen LogP contribution in [0.4, 0.5) is 0 Å². The Morgan fingerprint density at radius 2 is 1.86 bits per heavy atom. The zero-order valence-electron chi connectivity index (χ0n) is 10.4. The summed E-state index contributed by atoms with van der Waals surface area (Å²) in [6, 6.07) is 7.77. The second kappa shape index (κ2) is 6.56. The van der Waals surface area contributed by atoms with E-state index in [4.69, 9.17) is 33.0 Å². The molecule has 21 heavy (non-hydrogen) atoms. The van der Waals surface area contributed by atoms with E-state index in [1.807, 2.05) is 0 Å². The first-order valence-corrected chi connectivity index (χ1v) is 7.26. The minimum Gasteiger partial charge on any atom is -0.506 e. The van der Waals surface area contributed by atoms with Gasteiger partial charge >= 0.3 is 5.97 Å². The van der Waals surface area contributed by atoms with Crippen molar-refractivity contribution in [3.05, 3.63) is 56.0 Å². The third-order valence-corrected chi connectivity index (χ3v) is 4.02. The van der Waals surface area contributed by atoms with E-state index in [0.717, 1.165) is 0 Å². The highest BCUT2D eigenvalue weighted by molar-refractivity contribution is 9.10. The lowest BCUT2D eigenvalue weighted by atomic mass is 10.2. The Kier molecular flexibility index (Phi) is 4.98. The fourth-order valence-corrected chi connectivity index (χ4v) is 2.59. The minimum absolute atomic E-state index is 0.0782. The van der Waals surface area contributed by atoms with Crippen molar-refractivity contribution < 1.29 is 19.7 Å². The highest BCUT2D eigenvalue weighted by atomic mass is 79.9. The number of phenols is 1. The molecule has 0 bridgehead atoms. The number of hydrogen-bond acceptors (Lipinski definition) is 3. The van der Waals surface area contributed by atoms with E-state index in [1.165, 1.54) is 12.1 Å². The highest BCUT2D eigenvalue weighted by Gasteiger charge is 2.15. The monoisotopic (exact) mass is 390 g/mol. The minimum atomic E-state index is -1.26. The van der Waals surface area contributed by atoms with Crippen molar-refractivity contribution in [2.45, 2.75) is 6.61 Å². The molecule has 0 aliphatic rings. The second-order valence-corrected chi connectivity index (χ2v) is 5.76. The van der Waals surface area contributed by atoms with E-state index in [9.17, 15) is 9.90 Å². The van der Waals surface area contributed by atoms with E-state index in [0.29, 0.717) is 15.6 Å². The van der Waals surface area contributed by atoms with Crippen LogP contribution in [0.15, 0.2) is 34.8 Å². The molecule has 7 heteroatoms. The van der Waals surface area contributed by atoms with E-state index >= 15 is 0 Å². The number of hydrogen-bond donors (Lipinski definition) is 2. The number of carbonyl (C=O) groups is 1. The summed E-state index contributed by atoms with van der Waals surface area (Å²) in [7, 11) is 0. The molecule has 0 aromatic heterocycles. The van der Waals surface area contributed by atoms with Gasteiger partial charge in [0.25, 0.3) is 0 Å². The van der Waals surface area contributed by atoms with Crippen molar-refractivity contribution in [2.24, 2.45) is 0 Å². The summed E-state index contributed by atoms with van der Waals surface area (Å²) < 4.78 is 5.73. The summed E-state index contributed by atoms with van der Waals surface area (Å²) in [6.45, 7) is 0.0782. The molecule has 0 fully saturated rings. The average Bonchev–Trinajstić information content (AvgIpc) is 2.41. The first kappa shape index (κ1) is 15.9. The molecule has 2 rings (SSSR count). The van der Waals surface area contributed by atoms with Crippen LogP contribution in [0.1, 0.15) is 15.9 Å². The van der Waals surface area contributed by atoms with Gasteiger partial charge in [0.2, 0.25) is 0 Å². The maximum atomic E-state index is 11.0. The van der Waals surface area contributed by atoms with E-state index in [2.05, 4.69) is 15.9 Å². The predicted molar refractivity (Wildman–Crippen MR) is 83.6 cm³/mol. The molecule has 0 atom stereocenters. The second-order valence-electron chi connectivity index (χ2n) is 4.10. The number of ether oxygens (including phenoxy) is 1. The van der Waals surface area contributed by atoms with Gasteiger partial charge in [0.05, 0.1) is 4.47 Å². The van der Waals surface area contributed by atoms with Gasteiger partial charge in [0, 0.05) is 15.6 Å². The molecule has 0 saturated carbocycles. The lowest BCUT2D eigenvalue weighted by molar-refractivity contribution is 0.0693. The van der Waals surface area contributed by atoms with E-state index in [1.54, 1.807) is 18.2 Å². The van der Waals surface area contributed by atoms with Gasteiger partial charge in [-0.2, -0.15) is 0 Å². The Morgan fingerprint density at radius 3 is 2.43 bits per heavy atom. The van der Waals surface area contributed by atoms with E-state index < -0.39 is 5.97 Å². The van der Waals surface area contributed by atoms with Crippen molar-refractivity contribution in [3.8, 4) is 11.5 Å². The molecule has 110 valence electrons. The van der Waals surface area contributed by atoms with Crippen molar-refractivity contribution >= 4 is 45.1 Å². The van der Waals surface area contributed by atoms with Gasteiger partial charge in [-0.05, 0) is 40.2 Å². The zero-order chi connectivity index (χ0) is 15.6. The van der Waals surface area contributed by atoms with Gasteiger partial charge in [-0.15, -0.1) is 0 Å². The zero-order valence-corrected chi connectivity index (χ0v) is 13.5.